The summed E-state index contributed by atoms with van der Waals surface area (Å²) in [6.45, 7) is 4.14. The first-order chi connectivity index (χ1) is 16.5. The topological polar surface area (TPSA) is 75.7 Å². The van der Waals surface area contributed by atoms with Gasteiger partial charge in [-0.25, -0.2) is 0 Å². The molecule has 2 aliphatic rings. The lowest BCUT2D eigenvalue weighted by Crippen LogP contribution is -2.52. The third-order valence-corrected chi connectivity index (χ3v) is 6.62. The standard InChI is InChI=1S/C28H26N2O4/c1-3-18(4-2)29-27(32)25-16-30(23-11-7-8-12-24(23)34-25)28(33)17-13-14-20-19-9-5-6-10-21(19)26(31)22(20)15-17/h5-15,18,25H,3-4,16H2,1-2H3,(H,29,32). The molecule has 0 fully saturated rings. The van der Waals surface area contributed by atoms with E-state index in [1.54, 1.807) is 35.2 Å². The molecule has 0 bridgehead atoms. The van der Waals surface area contributed by atoms with Crippen molar-refractivity contribution in [2.45, 2.75) is 38.8 Å². The quantitative estimate of drug-likeness (QED) is 0.478. The van der Waals surface area contributed by atoms with Crippen LogP contribution in [0.1, 0.15) is 53.0 Å². The summed E-state index contributed by atoms with van der Waals surface area (Å²) in [6.07, 6.45) is 0.819. The maximum atomic E-state index is 13.7. The molecule has 1 aliphatic carbocycles. The third kappa shape index (κ3) is 3.65. The Morgan fingerprint density at radius 2 is 1.62 bits per heavy atom. The molecule has 0 saturated heterocycles. The molecule has 1 aliphatic heterocycles. The molecule has 1 heterocycles. The van der Waals surface area contributed by atoms with E-state index >= 15 is 0 Å². The van der Waals surface area contributed by atoms with E-state index in [2.05, 4.69) is 5.32 Å². The number of fused-ring (bicyclic) bond motifs is 4. The average Bonchev–Trinajstić information content (AvgIpc) is 3.17. The molecule has 0 spiro atoms. The van der Waals surface area contributed by atoms with Crippen LogP contribution in [0.4, 0.5) is 5.69 Å². The van der Waals surface area contributed by atoms with Crippen molar-refractivity contribution in [1.82, 2.24) is 5.32 Å². The summed E-state index contributed by atoms with van der Waals surface area (Å²) in [7, 11) is 0. The van der Waals surface area contributed by atoms with Crippen molar-refractivity contribution in [3.63, 3.8) is 0 Å². The minimum Gasteiger partial charge on any atom is -0.477 e. The van der Waals surface area contributed by atoms with Gasteiger partial charge in [0.15, 0.2) is 11.9 Å². The number of anilines is 1. The van der Waals surface area contributed by atoms with Crippen molar-refractivity contribution < 1.29 is 19.1 Å². The van der Waals surface area contributed by atoms with Gasteiger partial charge in [-0.2, -0.15) is 0 Å². The van der Waals surface area contributed by atoms with Crippen LogP contribution in [0.5, 0.6) is 5.75 Å². The van der Waals surface area contributed by atoms with Gasteiger partial charge in [0.25, 0.3) is 11.8 Å². The van der Waals surface area contributed by atoms with Crippen LogP contribution in [0.15, 0.2) is 66.7 Å². The Kier molecular flexibility index (Phi) is 5.65. The molecule has 172 valence electrons. The molecular weight excluding hydrogens is 428 g/mol. The van der Waals surface area contributed by atoms with Crippen LogP contribution in [0, 0.1) is 0 Å². The number of ether oxygens (including phenoxy) is 1. The fourth-order valence-electron chi connectivity index (χ4n) is 4.67. The summed E-state index contributed by atoms with van der Waals surface area (Å²) in [5.41, 5.74) is 3.90. The van der Waals surface area contributed by atoms with Crippen LogP contribution in [-0.2, 0) is 4.79 Å². The number of rotatable bonds is 5. The highest BCUT2D eigenvalue weighted by molar-refractivity contribution is 6.22. The molecule has 0 aromatic heterocycles. The average molecular weight is 455 g/mol. The van der Waals surface area contributed by atoms with Crippen LogP contribution in [0.3, 0.4) is 0 Å². The SMILES string of the molecule is CCC(CC)NC(=O)C1CN(C(=O)c2ccc3c(c2)C(=O)c2ccccc2-3)c2ccccc2O1. The zero-order chi connectivity index (χ0) is 23.8. The van der Waals surface area contributed by atoms with Gasteiger partial charge >= 0.3 is 0 Å². The van der Waals surface area contributed by atoms with Crippen LogP contribution in [0.2, 0.25) is 0 Å². The van der Waals surface area contributed by atoms with Crippen LogP contribution >= 0.6 is 0 Å². The minimum absolute atomic E-state index is 0.0572. The Hall–Kier alpha value is -3.93. The van der Waals surface area contributed by atoms with Gasteiger partial charge in [0.05, 0.1) is 12.2 Å². The van der Waals surface area contributed by atoms with E-state index < -0.39 is 6.10 Å². The maximum absolute atomic E-state index is 13.7. The third-order valence-electron chi connectivity index (χ3n) is 6.62. The lowest BCUT2D eigenvalue weighted by Gasteiger charge is -2.34. The summed E-state index contributed by atoms with van der Waals surface area (Å²) in [5, 5.41) is 3.02. The highest BCUT2D eigenvalue weighted by atomic mass is 16.5. The summed E-state index contributed by atoms with van der Waals surface area (Å²) < 4.78 is 5.97. The number of carbonyl (C=O) groups is 3. The predicted molar refractivity (Wildman–Crippen MR) is 130 cm³/mol. The van der Waals surface area contributed by atoms with Gasteiger partial charge < -0.3 is 15.0 Å². The van der Waals surface area contributed by atoms with Gasteiger partial charge in [-0.05, 0) is 48.2 Å². The molecule has 1 N–H and O–H groups in total. The summed E-state index contributed by atoms with van der Waals surface area (Å²) in [5.74, 6) is -0.107. The molecule has 1 atom stereocenters. The fourth-order valence-corrected chi connectivity index (χ4v) is 4.67. The molecular formula is C28H26N2O4. The molecule has 6 heteroatoms. The van der Waals surface area contributed by atoms with Gasteiger partial charge in [-0.3, -0.25) is 14.4 Å². The van der Waals surface area contributed by atoms with Gasteiger partial charge in [-0.1, -0.05) is 56.3 Å². The number of amides is 2. The second kappa shape index (κ2) is 8.78. The molecule has 6 nitrogen and oxygen atoms in total. The number of benzene rings is 3. The Bertz CT molecular complexity index is 1300. The zero-order valence-electron chi connectivity index (χ0n) is 19.2. The predicted octanol–water partition coefficient (Wildman–Crippen LogP) is 4.61. The molecule has 2 amide bonds. The Balaban J connectivity index is 1.46. The second-order valence-corrected chi connectivity index (χ2v) is 8.65. The van der Waals surface area contributed by atoms with E-state index in [1.165, 1.54) is 0 Å². The van der Waals surface area contributed by atoms with E-state index in [0.717, 1.165) is 24.0 Å². The lowest BCUT2D eigenvalue weighted by atomic mass is 10.0. The first kappa shape index (κ1) is 21.9. The van der Waals surface area contributed by atoms with Crippen molar-refractivity contribution in [3.05, 3.63) is 83.4 Å². The monoisotopic (exact) mass is 454 g/mol. The van der Waals surface area contributed by atoms with E-state index in [1.807, 2.05) is 50.2 Å². The van der Waals surface area contributed by atoms with Crippen LogP contribution in [0.25, 0.3) is 11.1 Å². The van der Waals surface area contributed by atoms with Gasteiger partial charge in [0.2, 0.25) is 0 Å². The Morgan fingerprint density at radius 3 is 2.38 bits per heavy atom. The lowest BCUT2D eigenvalue weighted by molar-refractivity contribution is -0.128. The number of carbonyl (C=O) groups excluding carboxylic acids is 3. The van der Waals surface area contributed by atoms with E-state index in [0.29, 0.717) is 28.1 Å². The summed E-state index contributed by atoms with van der Waals surface area (Å²) in [6, 6.07) is 20.0. The minimum atomic E-state index is -0.820. The Labute approximate surface area is 198 Å². The number of hydrogen-bond acceptors (Lipinski definition) is 4. The molecule has 5 rings (SSSR count). The van der Waals surface area contributed by atoms with Crippen molar-refractivity contribution in [1.29, 1.82) is 0 Å². The highest BCUT2D eigenvalue weighted by Crippen LogP contribution is 2.38. The Morgan fingerprint density at radius 1 is 0.941 bits per heavy atom. The highest BCUT2D eigenvalue weighted by Gasteiger charge is 2.35. The zero-order valence-corrected chi connectivity index (χ0v) is 19.2. The van der Waals surface area contributed by atoms with E-state index in [9.17, 15) is 14.4 Å². The summed E-state index contributed by atoms with van der Waals surface area (Å²) in [4.78, 5) is 41.1. The number of hydrogen-bond donors (Lipinski definition) is 1. The number of nitrogens with one attached hydrogen (secondary N) is 1. The van der Waals surface area contributed by atoms with Crippen molar-refractivity contribution >= 4 is 23.3 Å². The summed E-state index contributed by atoms with van der Waals surface area (Å²) >= 11 is 0. The van der Waals surface area contributed by atoms with Crippen LogP contribution < -0.4 is 15.0 Å². The second-order valence-electron chi connectivity index (χ2n) is 8.65. The maximum Gasteiger partial charge on any atom is 0.263 e. The normalized spacial score (nSPS) is 15.9. The number of ketones is 1. The molecule has 0 radical (unpaired) electrons. The fraction of sp³-hybridized carbons (Fsp3) is 0.250. The largest absolute Gasteiger partial charge is 0.477 e. The molecule has 0 saturated carbocycles. The van der Waals surface area contributed by atoms with Gasteiger partial charge in [0.1, 0.15) is 5.75 Å². The van der Waals surface area contributed by atoms with Gasteiger partial charge in [0, 0.05) is 22.7 Å². The first-order valence-corrected chi connectivity index (χ1v) is 11.7. The molecule has 1 unspecified atom stereocenters. The van der Waals surface area contributed by atoms with Gasteiger partial charge in [-0.15, -0.1) is 0 Å². The van der Waals surface area contributed by atoms with E-state index in [-0.39, 0.29) is 30.2 Å². The first-order valence-electron chi connectivity index (χ1n) is 11.7. The molecule has 34 heavy (non-hydrogen) atoms. The number of nitrogens with zero attached hydrogens (tertiary/aromatic N) is 1. The van der Waals surface area contributed by atoms with Crippen molar-refractivity contribution in [3.8, 4) is 16.9 Å². The molecule has 3 aromatic carbocycles. The number of para-hydroxylation sites is 2. The van der Waals surface area contributed by atoms with Crippen molar-refractivity contribution in [2.24, 2.45) is 0 Å². The van der Waals surface area contributed by atoms with E-state index in [4.69, 9.17) is 4.74 Å². The molecule has 3 aromatic rings. The van der Waals surface area contributed by atoms with Crippen molar-refractivity contribution in [2.75, 3.05) is 11.4 Å². The smallest absolute Gasteiger partial charge is 0.263 e. The van der Waals surface area contributed by atoms with Crippen LogP contribution in [-0.4, -0.2) is 36.3 Å².